The zero-order chi connectivity index (χ0) is 15.4. The summed E-state index contributed by atoms with van der Waals surface area (Å²) in [4.78, 5) is 2.25. The van der Waals surface area contributed by atoms with E-state index in [2.05, 4.69) is 31.0 Å². The maximum absolute atomic E-state index is 5.94. The second-order valence-corrected chi connectivity index (χ2v) is 5.65. The van der Waals surface area contributed by atoms with E-state index in [9.17, 15) is 0 Å². The Morgan fingerprint density at radius 3 is 2.48 bits per heavy atom. The first kappa shape index (κ1) is 15.7. The standard InChI is InChI=1S/C17H21ClN2O/c1-12(13-4-6-15(18)7-5-13)20(2)11-14-10-16(19)8-9-17(14)21-3/h4-10,12H,11,19H2,1-3H3. The van der Waals surface area contributed by atoms with Gasteiger partial charge in [0.05, 0.1) is 7.11 Å². The van der Waals surface area contributed by atoms with Gasteiger partial charge in [0.25, 0.3) is 0 Å². The monoisotopic (exact) mass is 304 g/mol. The van der Waals surface area contributed by atoms with E-state index in [1.54, 1.807) is 7.11 Å². The van der Waals surface area contributed by atoms with Crippen molar-refractivity contribution in [1.82, 2.24) is 4.90 Å². The number of benzene rings is 2. The van der Waals surface area contributed by atoms with E-state index in [0.29, 0.717) is 0 Å². The van der Waals surface area contributed by atoms with Crippen LogP contribution in [-0.2, 0) is 6.54 Å². The highest BCUT2D eigenvalue weighted by Crippen LogP contribution is 2.27. The quantitative estimate of drug-likeness (QED) is 0.844. The minimum Gasteiger partial charge on any atom is -0.496 e. The van der Waals surface area contributed by atoms with Crippen LogP contribution < -0.4 is 10.5 Å². The zero-order valence-corrected chi connectivity index (χ0v) is 13.4. The summed E-state index contributed by atoms with van der Waals surface area (Å²) in [6.45, 7) is 2.93. The van der Waals surface area contributed by atoms with Gasteiger partial charge in [0.15, 0.2) is 0 Å². The molecule has 0 bridgehead atoms. The summed E-state index contributed by atoms with van der Waals surface area (Å²) in [7, 11) is 3.76. The van der Waals surface area contributed by atoms with E-state index in [4.69, 9.17) is 22.1 Å². The van der Waals surface area contributed by atoms with Gasteiger partial charge in [0, 0.05) is 28.9 Å². The number of rotatable bonds is 5. The van der Waals surface area contributed by atoms with Gasteiger partial charge in [-0.1, -0.05) is 23.7 Å². The van der Waals surface area contributed by atoms with E-state index in [-0.39, 0.29) is 6.04 Å². The molecule has 2 aromatic rings. The molecule has 2 N–H and O–H groups in total. The Morgan fingerprint density at radius 2 is 1.86 bits per heavy atom. The number of ether oxygens (including phenoxy) is 1. The second kappa shape index (κ2) is 6.83. The Labute approximate surface area is 131 Å². The minimum atomic E-state index is 0.272. The molecule has 0 saturated carbocycles. The van der Waals surface area contributed by atoms with Crippen molar-refractivity contribution in [3.05, 3.63) is 58.6 Å². The smallest absolute Gasteiger partial charge is 0.123 e. The third-order valence-electron chi connectivity index (χ3n) is 3.74. The molecule has 2 aromatic carbocycles. The van der Waals surface area contributed by atoms with Crippen molar-refractivity contribution >= 4 is 17.3 Å². The molecule has 3 nitrogen and oxygen atoms in total. The van der Waals surface area contributed by atoms with Gasteiger partial charge >= 0.3 is 0 Å². The molecule has 2 rings (SSSR count). The number of methoxy groups -OCH3 is 1. The molecule has 1 atom stereocenters. The molecule has 0 aromatic heterocycles. The second-order valence-electron chi connectivity index (χ2n) is 5.21. The zero-order valence-electron chi connectivity index (χ0n) is 12.6. The van der Waals surface area contributed by atoms with Crippen LogP contribution in [0.3, 0.4) is 0 Å². The number of anilines is 1. The van der Waals surface area contributed by atoms with Crippen molar-refractivity contribution in [2.45, 2.75) is 19.5 Å². The molecule has 21 heavy (non-hydrogen) atoms. The van der Waals surface area contributed by atoms with Gasteiger partial charge in [-0.3, -0.25) is 4.90 Å². The highest BCUT2D eigenvalue weighted by molar-refractivity contribution is 6.30. The van der Waals surface area contributed by atoms with Gasteiger partial charge in [-0.05, 0) is 49.9 Å². The SMILES string of the molecule is COc1ccc(N)cc1CN(C)C(C)c1ccc(Cl)cc1. The Bertz CT molecular complexity index is 598. The van der Waals surface area contributed by atoms with Crippen LogP contribution in [0.5, 0.6) is 5.75 Å². The van der Waals surface area contributed by atoms with Crippen LogP contribution in [0.15, 0.2) is 42.5 Å². The van der Waals surface area contributed by atoms with Crippen LogP contribution in [0.4, 0.5) is 5.69 Å². The number of halogens is 1. The van der Waals surface area contributed by atoms with Crippen LogP contribution in [-0.4, -0.2) is 19.1 Å². The third kappa shape index (κ3) is 3.90. The summed E-state index contributed by atoms with van der Waals surface area (Å²) in [6, 6.07) is 13.9. The number of nitrogen functional groups attached to an aromatic ring is 1. The van der Waals surface area contributed by atoms with Crippen LogP contribution in [0.2, 0.25) is 5.02 Å². The van der Waals surface area contributed by atoms with Crippen LogP contribution in [0.25, 0.3) is 0 Å². The summed E-state index contributed by atoms with van der Waals surface area (Å²) < 4.78 is 5.40. The third-order valence-corrected chi connectivity index (χ3v) is 3.99. The summed E-state index contributed by atoms with van der Waals surface area (Å²) in [5.74, 6) is 0.861. The van der Waals surface area contributed by atoms with Gasteiger partial charge in [0.1, 0.15) is 5.75 Å². The molecular weight excluding hydrogens is 284 g/mol. The van der Waals surface area contributed by atoms with Gasteiger partial charge in [-0.2, -0.15) is 0 Å². The molecule has 4 heteroatoms. The van der Waals surface area contributed by atoms with E-state index in [1.165, 1.54) is 5.56 Å². The number of hydrogen-bond donors (Lipinski definition) is 1. The van der Waals surface area contributed by atoms with Crippen molar-refractivity contribution in [2.75, 3.05) is 19.9 Å². The van der Waals surface area contributed by atoms with Gasteiger partial charge in [-0.15, -0.1) is 0 Å². The predicted octanol–water partition coefficient (Wildman–Crippen LogP) is 4.12. The Balaban J connectivity index is 2.15. The number of nitrogens with zero attached hydrogens (tertiary/aromatic N) is 1. The average molecular weight is 305 g/mol. The Morgan fingerprint density at radius 1 is 1.19 bits per heavy atom. The Kier molecular flexibility index (Phi) is 5.10. The molecule has 0 heterocycles. The van der Waals surface area contributed by atoms with Crippen molar-refractivity contribution in [3.63, 3.8) is 0 Å². The molecule has 1 unspecified atom stereocenters. The maximum Gasteiger partial charge on any atom is 0.123 e. The van der Waals surface area contributed by atoms with Crippen LogP contribution >= 0.6 is 11.6 Å². The summed E-state index contributed by atoms with van der Waals surface area (Å²) >= 11 is 5.94. The van der Waals surface area contributed by atoms with E-state index >= 15 is 0 Å². The van der Waals surface area contributed by atoms with E-state index in [1.807, 2.05) is 30.3 Å². The minimum absolute atomic E-state index is 0.272. The topological polar surface area (TPSA) is 38.5 Å². The molecule has 0 radical (unpaired) electrons. The summed E-state index contributed by atoms with van der Waals surface area (Å²) in [5.41, 5.74) is 8.93. The van der Waals surface area contributed by atoms with Crippen LogP contribution in [0.1, 0.15) is 24.1 Å². The van der Waals surface area contributed by atoms with Crippen molar-refractivity contribution < 1.29 is 4.74 Å². The highest BCUT2D eigenvalue weighted by atomic mass is 35.5. The highest BCUT2D eigenvalue weighted by Gasteiger charge is 2.14. The lowest BCUT2D eigenvalue weighted by atomic mass is 10.1. The molecule has 0 saturated heterocycles. The molecule has 0 aliphatic rings. The maximum atomic E-state index is 5.94. The molecule has 0 fully saturated rings. The molecule has 0 amide bonds. The lowest BCUT2D eigenvalue weighted by Gasteiger charge is -2.26. The lowest BCUT2D eigenvalue weighted by molar-refractivity contribution is 0.249. The summed E-state index contributed by atoms with van der Waals surface area (Å²) in [6.07, 6.45) is 0. The largest absolute Gasteiger partial charge is 0.496 e. The lowest BCUT2D eigenvalue weighted by Crippen LogP contribution is -2.22. The van der Waals surface area contributed by atoms with Gasteiger partial charge in [0.2, 0.25) is 0 Å². The van der Waals surface area contributed by atoms with Gasteiger partial charge < -0.3 is 10.5 Å². The fourth-order valence-electron chi connectivity index (χ4n) is 2.32. The normalized spacial score (nSPS) is 12.4. The van der Waals surface area contributed by atoms with Crippen molar-refractivity contribution in [2.24, 2.45) is 0 Å². The molecule has 0 aliphatic carbocycles. The first-order valence-corrected chi connectivity index (χ1v) is 7.27. The fourth-order valence-corrected chi connectivity index (χ4v) is 2.45. The molecular formula is C17H21ClN2O. The van der Waals surface area contributed by atoms with E-state index < -0.39 is 0 Å². The van der Waals surface area contributed by atoms with Crippen molar-refractivity contribution in [3.8, 4) is 5.75 Å². The van der Waals surface area contributed by atoms with E-state index in [0.717, 1.165) is 28.6 Å². The average Bonchev–Trinajstić information content (AvgIpc) is 2.47. The Hall–Kier alpha value is -1.71. The summed E-state index contributed by atoms with van der Waals surface area (Å²) in [5, 5.41) is 0.756. The first-order valence-electron chi connectivity index (χ1n) is 6.89. The van der Waals surface area contributed by atoms with Crippen molar-refractivity contribution in [1.29, 1.82) is 0 Å². The van der Waals surface area contributed by atoms with Gasteiger partial charge in [-0.25, -0.2) is 0 Å². The fraction of sp³-hybridized carbons (Fsp3) is 0.294. The number of nitrogens with two attached hydrogens (primary N) is 1. The molecule has 112 valence electrons. The number of hydrogen-bond acceptors (Lipinski definition) is 3. The molecule has 0 spiro atoms. The first-order chi connectivity index (χ1) is 10.0. The predicted molar refractivity (Wildman–Crippen MR) is 88.7 cm³/mol. The molecule has 0 aliphatic heterocycles. The van der Waals surface area contributed by atoms with Crippen LogP contribution in [0, 0.1) is 0 Å².